The van der Waals surface area contributed by atoms with Crippen LogP contribution in [0.2, 0.25) is 0 Å². The van der Waals surface area contributed by atoms with E-state index < -0.39 is 50.8 Å². The molecule has 170 valence electrons. The van der Waals surface area contributed by atoms with Crippen LogP contribution in [0.1, 0.15) is 25.0 Å². The highest BCUT2D eigenvalue weighted by molar-refractivity contribution is 7.87. The number of alkyl halides is 1. The molecule has 2 aromatic rings. The fourth-order valence-electron chi connectivity index (χ4n) is 3.17. The molecule has 0 amide bonds. The van der Waals surface area contributed by atoms with Crippen LogP contribution in [0.25, 0.3) is 0 Å². The van der Waals surface area contributed by atoms with E-state index >= 15 is 4.39 Å². The zero-order chi connectivity index (χ0) is 23.0. The zero-order valence-corrected chi connectivity index (χ0v) is 19.2. The van der Waals surface area contributed by atoms with Crippen LogP contribution in [0.4, 0.5) is 4.39 Å². The number of benzene rings is 2. The lowest BCUT2D eigenvalue weighted by Gasteiger charge is -2.25. The highest BCUT2D eigenvalue weighted by Gasteiger charge is 2.55. The molecule has 1 aliphatic heterocycles. The van der Waals surface area contributed by atoms with Crippen molar-refractivity contribution in [1.29, 1.82) is 0 Å². The van der Waals surface area contributed by atoms with E-state index in [-0.39, 0.29) is 9.79 Å². The van der Waals surface area contributed by atoms with Gasteiger partial charge in [-0.3, -0.25) is 8.37 Å². The molecule has 3 rings (SSSR count). The Hall–Kier alpha value is -1.85. The number of ether oxygens (including phenoxy) is 1. The summed E-state index contributed by atoms with van der Waals surface area (Å²) in [5, 5.41) is 0. The van der Waals surface area contributed by atoms with Crippen LogP contribution in [0.3, 0.4) is 0 Å². The Labute approximate surface area is 182 Å². The SMILES string of the molecule is Cc1ccc(S(=O)(=O)OC[C@H]2O[C@@H](C)[C@](C)(F)[C@@H]2OS(=O)(=O)c2ccc(C)cc2)cc1. The Kier molecular flexibility index (Phi) is 6.60. The first kappa shape index (κ1) is 23.8. The minimum atomic E-state index is -4.32. The summed E-state index contributed by atoms with van der Waals surface area (Å²) in [6.45, 7) is 5.58. The average molecular weight is 473 g/mol. The first-order valence-electron chi connectivity index (χ1n) is 9.63. The zero-order valence-electron chi connectivity index (χ0n) is 17.6. The second-order valence-electron chi connectivity index (χ2n) is 7.80. The molecule has 1 heterocycles. The van der Waals surface area contributed by atoms with Crippen molar-refractivity contribution in [3.8, 4) is 0 Å². The molecule has 0 radical (unpaired) electrons. The summed E-state index contributed by atoms with van der Waals surface area (Å²) in [6.07, 6.45) is -3.89. The Balaban J connectivity index is 1.80. The number of hydrogen-bond acceptors (Lipinski definition) is 7. The molecule has 0 saturated carbocycles. The third kappa shape index (κ3) is 5.15. The molecule has 10 heteroatoms. The molecule has 0 spiro atoms. The molecular formula is C21H25FO7S2. The summed E-state index contributed by atoms with van der Waals surface area (Å²) in [7, 11) is -8.47. The number of aryl methyl sites for hydroxylation is 2. The van der Waals surface area contributed by atoms with Crippen molar-refractivity contribution in [3.05, 3.63) is 59.7 Å². The maximum atomic E-state index is 15.3. The molecule has 1 aliphatic rings. The lowest BCUT2D eigenvalue weighted by atomic mass is 9.96. The number of rotatable bonds is 7. The molecule has 0 unspecified atom stereocenters. The van der Waals surface area contributed by atoms with Gasteiger partial charge in [-0.25, -0.2) is 4.39 Å². The van der Waals surface area contributed by atoms with Crippen molar-refractivity contribution in [2.75, 3.05) is 6.61 Å². The number of hydrogen-bond donors (Lipinski definition) is 0. The molecule has 0 N–H and O–H groups in total. The van der Waals surface area contributed by atoms with Gasteiger partial charge in [-0.2, -0.15) is 16.8 Å². The molecule has 0 aliphatic carbocycles. The lowest BCUT2D eigenvalue weighted by molar-refractivity contribution is -0.00356. The van der Waals surface area contributed by atoms with Gasteiger partial charge in [0.2, 0.25) is 0 Å². The standard InChI is InChI=1S/C21H25FO7S2/c1-14-5-9-17(10-6-14)30(23,24)27-13-19-20(21(4,22)16(3)28-19)29-31(25,26)18-11-7-15(2)8-12-18/h5-12,16,19-20H,13H2,1-4H3/t16-,19+,20+,21-/m0/s1. The van der Waals surface area contributed by atoms with Crippen molar-refractivity contribution in [1.82, 2.24) is 0 Å². The molecule has 1 fully saturated rings. The topological polar surface area (TPSA) is 96.0 Å². The smallest absolute Gasteiger partial charge is 0.297 e. The molecule has 4 atom stereocenters. The third-order valence-corrected chi connectivity index (χ3v) is 7.91. The highest BCUT2D eigenvalue weighted by Crippen LogP contribution is 2.38. The molecule has 31 heavy (non-hydrogen) atoms. The van der Waals surface area contributed by atoms with E-state index in [4.69, 9.17) is 13.1 Å². The normalized spacial score (nSPS) is 26.8. The second kappa shape index (κ2) is 8.59. The van der Waals surface area contributed by atoms with Crippen LogP contribution in [0.5, 0.6) is 0 Å². The minimum absolute atomic E-state index is 0.0723. The van der Waals surface area contributed by atoms with E-state index in [1.54, 1.807) is 31.2 Å². The quantitative estimate of drug-likeness (QED) is 0.571. The predicted octanol–water partition coefficient (Wildman–Crippen LogP) is 3.30. The molecular weight excluding hydrogens is 447 g/mol. The Morgan fingerprint density at radius 1 is 0.903 bits per heavy atom. The Morgan fingerprint density at radius 2 is 1.35 bits per heavy atom. The van der Waals surface area contributed by atoms with Gasteiger partial charge in [-0.1, -0.05) is 35.4 Å². The van der Waals surface area contributed by atoms with Gasteiger partial charge in [-0.15, -0.1) is 0 Å². The first-order chi connectivity index (χ1) is 14.3. The van der Waals surface area contributed by atoms with Crippen molar-refractivity contribution >= 4 is 20.2 Å². The van der Waals surface area contributed by atoms with E-state index in [0.29, 0.717) is 0 Å². The first-order valence-corrected chi connectivity index (χ1v) is 12.4. The summed E-state index contributed by atoms with van der Waals surface area (Å²) < 4.78 is 81.3. The van der Waals surface area contributed by atoms with Crippen molar-refractivity contribution in [2.24, 2.45) is 0 Å². The van der Waals surface area contributed by atoms with Crippen molar-refractivity contribution in [3.63, 3.8) is 0 Å². The van der Waals surface area contributed by atoms with Gasteiger partial charge in [0.15, 0.2) is 5.67 Å². The summed E-state index contributed by atoms with van der Waals surface area (Å²) in [5.74, 6) is 0. The third-order valence-electron chi connectivity index (χ3n) is 5.30. The van der Waals surface area contributed by atoms with Crippen LogP contribution < -0.4 is 0 Å². The highest BCUT2D eigenvalue weighted by atomic mass is 32.2. The van der Waals surface area contributed by atoms with Crippen molar-refractivity contribution in [2.45, 2.75) is 61.5 Å². The van der Waals surface area contributed by atoms with Crippen LogP contribution in [0, 0.1) is 13.8 Å². The summed E-state index contributed by atoms with van der Waals surface area (Å²) in [5.41, 5.74) is -0.478. The van der Waals surface area contributed by atoms with E-state index in [2.05, 4.69) is 0 Å². The summed E-state index contributed by atoms with van der Waals surface area (Å²) in [4.78, 5) is -0.211. The summed E-state index contributed by atoms with van der Waals surface area (Å²) >= 11 is 0. The second-order valence-corrected chi connectivity index (χ2v) is 11.0. The molecule has 0 aromatic heterocycles. The molecule has 0 bridgehead atoms. The molecule has 2 aromatic carbocycles. The van der Waals surface area contributed by atoms with Crippen LogP contribution >= 0.6 is 0 Å². The average Bonchev–Trinajstić information content (AvgIpc) is 2.90. The van der Waals surface area contributed by atoms with Gasteiger partial charge in [0, 0.05) is 0 Å². The largest absolute Gasteiger partial charge is 0.366 e. The maximum absolute atomic E-state index is 15.3. The number of halogens is 1. The van der Waals surface area contributed by atoms with E-state index in [0.717, 1.165) is 18.1 Å². The Morgan fingerprint density at radius 3 is 1.84 bits per heavy atom. The van der Waals surface area contributed by atoms with Crippen LogP contribution in [0.15, 0.2) is 58.3 Å². The van der Waals surface area contributed by atoms with Gasteiger partial charge in [0.05, 0.1) is 22.5 Å². The van der Waals surface area contributed by atoms with E-state index in [9.17, 15) is 16.8 Å². The van der Waals surface area contributed by atoms with E-state index in [1.807, 2.05) is 6.92 Å². The molecule has 7 nitrogen and oxygen atoms in total. The fraction of sp³-hybridized carbons (Fsp3) is 0.429. The minimum Gasteiger partial charge on any atom is -0.366 e. The van der Waals surface area contributed by atoms with Gasteiger partial charge in [0.25, 0.3) is 20.2 Å². The van der Waals surface area contributed by atoms with Gasteiger partial charge < -0.3 is 4.74 Å². The summed E-state index contributed by atoms with van der Waals surface area (Å²) in [6, 6.07) is 11.9. The van der Waals surface area contributed by atoms with Gasteiger partial charge in [-0.05, 0) is 52.0 Å². The van der Waals surface area contributed by atoms with Crippen LogP contribution in [-0.4, -0.2) is 47.4 Å². The molecule has 1 saturated heterocycles. The van der Waals surface area contributed by atoms with Crippen LogP contribution in [-0.2, 0) is 33.3 Å². The van der Waals surface area contributed by atoms with E-state index in [1.165, 1.54) is 31.2 Å². The van der Waals surface area contributed by atoms with Gasteiger partial charge in [0.1, 0.15) is 12.2 Å². The maximum Gasteiger partial charge on any atom is 0.297 e. The Bertz CT molecular complexity index is 1130. The lowest BCUT2D eigenvalue weighted by Crippen LogP contribution is -2.44. The van der Waals surface area contributed by atoms with Gasteiger partial charge >= 0.3 is 0 Å². The predicted molar refractivity (Wildman–Crippen MR) is 111 cm³/mol. The van der Waals surface area contributed by atoms with Crippen molar-refractivity contribution < 1.29 is 34.3 Å². The fourth-order valence-corrected chi connectivity index (χ4v) is 5.26. The monoisotopic (exact) mass is 472 g/mol.